The molecule has 1 saturated carbocycles. The maximum atomic E-state index is 10.8. The number of nitrogens with zero attached hydrogens (tertiary/aromatic N) is 2. The molecule has 17 heavy (non-hydrogen) atoms. The van der Waals surface area contributed by atoms with Crippen LogP contribution in [0.3, 0.4) is 0 Å². The third-order valence-corrected chi connectivity index (χ3v) is 4.37. The molecule has 1 atom stereocenters. The Morgan fingerprint density at radius 1 is 1.41 bits per heavy atom. The molecule has 0 aromatic heterocycles. The molecule has 1 heterocycles. The quantitative estimate of drug-likeness (QED) is 0.786. The highest BCUT2D eigenvalue weighted by atomic mass is 16.4. The van der Waals surface area contributed by atoms with E-state index in [4.69, 9.17) is 5.11 Å². The average Bonchev–Trinajstić information content (AvgIpc) is 3.00. The van der Waals surface area contributed by atoms with Gasteiger partial charge in [0.25, 0.3) is 0 Å². The number of aliphatic carboxylic acids is 1. The Morgan fingerprint density at radius 2 is 2.12 bits per heavy atom. The first-order valence-electron chi connectivity index (χ1n) is 6.69. The van der Waals surface area contributed by atoms with E-state index in [1.54, 1.807) is 0 Å². The number of hydrogen-bond acceptors (Lipinski definition) is 3. The predicted molar refractivity (Wildman–Crippen MR) is 67.1 cm³/mol. The van der Waals surface area contributed by atoms with Crippen molar-refractivity contribution in [3.05, 3.63) is 0 Å². The van der Waals surface area contributed by atoms with Gasteiger partial charge >= 0.3 is 5.97 Å². The van der Waals surface area contributed by atoms with Crippen molar-refractivity contribution >= 4 is 5.97 Å². The Labute approximate surface area is 104 Å². The molecule has 1 N–H and O–H groups in total. The van der Waals surface area contributed by atoms with Gasteiger partial charge in [0.15, 0.2) is 0 Å². The van der Waals surface area contributed by atoms with Gasteiger partial charge in [-0.2, -0.15) is 0 Å². The van der Waals surface area contributed by atoms with Crippen LogP contribution in [0.5, 0.6) is 0 Å². The third kappa shape index (κ3) is 3.19. The summed E-state index contributed by atoms with van der Waals surface area (Å²) in [4.78, 5) is 15.7. The monoisotopic (exact) mass is 240 g/mol. The van der Waals surface area contributed by atoms with Crippen LogP contribution in [0.15, 0.2) is 0 Å². The molecular formula is C13H24N2O2. The highest BCUT2D eigenvalue weighted by molar-refractivity contribution is 5.68. The molecule has 98 valence electrons. The summed E-state index contributed by atoms with van der Waals surface area (Å²) in [5.41, 5.74) is 0.111. The van der Waals surface area contributed by atoms with E-state index in [2.05, 4.69) is 23.8 Å². The van der Waals surface area contributed by atoms with Crippen LogP contribution >= 0.6 is 0 Å². The average molecular weight is 240 g/mol. The summed E-state index contributed by atoms with van der Waals surface area (Å²) >= 11 is 0. The minimum absolute atomic E-state index is 0.111. The number of piperazine rings is 1. The molecule has 2 rings (SSSR count). The lowest BCUT2D eigenvalue weighted by Gasteiger charge is -2.40. The van der Waals surface area contributed by atoms with E-state index in [0.717, 1.165) is 39.0 Å². The summed E-state index contributed by atoms with van der Waals surface area (Å²) < 4.78 is 0. The summed E-state index contributed by atoms with van der Waals surface area (Å²) in [5, 5.41) is 8.93. The first-order chi connectivity index (χ1) is 8.04. The molecule has 2 aliphatic rings. The van der Waals surface area contributed by atoms with Crippen LogP contribution in [0, 0.1) is 5.41 Å². The van der Waals surface area contributed by atoms with Gasteiger partial charge in [-0.25, -0.2) is 0 Å². The van der Waals surface area contributed by atoms with Gasteiger partial charge in [-0.05, 0) is 31.7 Å². The molecule has 0 radical (unpaired) electrons. The predicted octanol–water partition coefficient (Wildman–Crippen LogP) is 1.27. The lowest BCUT2D eigenvalue weighted by atomic mass is 10.0. The minimum Gasteiger partial charge on any atom is -0.481 e. The third-order valence-electron chi connectivity index (χ3n) is 4.37. The van der Waals surface area contributed by atoms with Gasteiger partial charge in [0.05, 0.1) is 6.42 Å². The van der Waals surface area contributed by atoms with Crippen LogP contribution in [0.1, 0.15) is 32.6 Å². The molecule has 0 aromatic rings. The Balaban J connectivity index is 1.85. The smallest absolute Gasteiger partial charge is 0.303 e. The number of rotatable bonds is 5. The van der Waals surface area contributed by atoms with Gasteiger partial charge in [0.1, 0.15) is 0 Å². The van der Waals surface area contributed by atoms with Gasteiger partial charge in [-0.3, -0.25) is 9.69 Å². The molecule has 1 aliphatic carbocycles. The zero-order chi connectivity index (χ0) is 12.5. The van der Waals surface area contributed by atoms with Crippen molar-refractivity contribution in [3.63, 3.8) is 0 Å². The normalized spacial score (nSPS) is 29.2. The fourth-order valence-electron chi connectivity index (χ4n) is 2.96. The van der Waals surface area contributed by atoms with E-state index in [1.807, 2.05) is 0 Å². The van der Waals surface area contributed by atoms with Gasteiger partial charge in [0.2, 0.25) is 0 Å². The molecule has 0 bridgehead atoms. The maximum absolute atomic E-state index is 10.8. The van der Waals surface area contributed by atoms with Gasteiger partial charge < -0.3 is 10.0 Å². The molecule has 1 aliphatic heterocycles. The molecule has 0 amide bonds. The maximum Gasteiger partial charge on any atom is 0.303 e. The fraction of sp³-hybridized carbons (Fsp3) is 0.923. The van der Waals surface area contributed by atoms with E-state index in [1.165, 1.54) is 6.42 Å². The highest BCUT2D eigenvalue weighted by Crippen LogP contribution is 2.49. The molecule has 1 unspecified atom stereocenters. The van der Waals surface area contributed by atoms with E-state index in [9.17, 15) is 4.79 Å². The van der Waals surface area contributed by atoms with Gasteiger partial charge in [-0.15, -0.1) is 0 Å². The van der Waals surface area contributed by atoms with Crippen LogP contribution in [-0.4, -0.2) is 60.1 Å². The first-order valence-corrected chi connectivity index (χ1v) is 6.69. The van der Waals surface area contributed by atoms with Crippen molar-refractivity contribution in [1.82, 2.24) is 9.80 Å². The second-order valence-corrected chi connectivity index (χ2v) is 5.85. The Bertz CT molecular complexity index is 289. The number of carbonyl (C=O) groups is 1. The van der Waals surface area contributed by atoms with E-state index >= 15 is 0 Å². The highest BCUT2D eigenvalue weighted by Gasteiger charge is 2.46. The van der Waals surface area contributed by atoms with Crippen molar-refractivity contribution in [1.29, 1.82) is 0 Å². The van der Waals surface area contributed by atoms with Crippen molar-refractivity contribution in [3.8, 4) is 0 Å². The van der Waals surface area contributed by atoms with E-state index in [0.29, 0.717) is 12.5 Å². The second-order valence-electron chi connectivity index (χ2n) is 5.85. The standard InChI is InChI=1S/C13H24N2O2/c1-3-11-9-15(7-6-14(11)2)10-13(4-5-13)8-12(16)17/h11H,3-10H2,1-2H3,(H,16,17). The number of hydrogen-bond donors (Lipinski definition) is 1. The molecule has 0 aromatic carbocycles. The molecule has 1 saturated heterocycles. The van der Waals surface area contributed by atoms with E-state index < -0.39 is 5.97 Å². The Hall–Kier alpha value is -0.610. The Morgan fingerprint density at radius 3 is 2.65 bits per heavy atom. The zero-order valence-corrected chi connectivity index (χ0v) is 11.0. The lowest BCUT2D eigenvalue weighted by Crippen LogP contribution is -2.52. The minimum atomic E-state index is -0.635. The van der Waals surface area contributed by atoms with Crippen LogP contribution in [0.25, 0.3) is 0 Å². The van der Waals surface area contributed by atoms with Crippen molar-refractivity contribution in [2.24, 2.45) is 5.41 Å². The van der Waals surface area contributed by atoms with Gasteiger partial charge in [-0.1, -0.05) is 6.92 Å². The molecule has 4 nitrogen and oxygen atoms in total. The van der Waals surface area contributed by atoms with E-state index in [-0.39, 0.29) is 5.41 Å². The number of carboxylic acids is 1. The summed E-state index contributed by atoms with van der Waals surface area (Å²) in [6.07, 6.45) is 3.74. The summed E-state index contributed by atoms with van der Waals surface area (Å²) in [6.45, 7) is 6.53. The van der Waals surface area contributed by atoms with Crippen molar-refractivity contribution in [2.45, 2.75) is 38.6 Å². The first kappa shape index (κ1) is 12.8. The zero-order valence-electron chi connectivity index (χ0n) is 11.0. The lowest BCUT2D eigenvalue weighted by molar-refractivity contribution is -0.138. The van der Waals surface area contributed by atoms with Crippen LogP contribution in [0.4, 0.5) is 0 Å². The topological polar surface area (TPSA) is 43.8 Å². The number of likely N-dealkylation sites (N-methyl/N-ethyl adjacent to an activating group) is 1. The number of carboxylic acid groups (broad SMARTS) is 1. The second kappa shape index (κ2) is 4.94. The van der Waals surface area contributed by atoms with Crippen LogP contribution < -0.4 is 0 Å². The molecule has 2 fully saturated rings. The van der Waals surface area contributed by atoms with Crippen LogP contribution in [0.2, 0.25) is 0 Å². The molecular weight excluding hydrogens is 216 g/mol. The summed E-state index contributed by atoms with van der Waals surface area (Å²) in [5.74, 6) is -0.635. The fourth-order valence-corrected chi connectivity index (χ4v) is 2.96. The summed E-state index contributed by atoms with van der Waals surface area (Å²) in [7, 11) is 2.19. The Kier molecular flexibility index (Phi) is 3.73. The van der Waals surface area contributed by atoms with Crippen molar-refractivity contribution in [2.75, 3.05) is 33.2 Å². The largest absolute Gasteiger partial charge is 0.481 e. The van der Waals surface area contributed by atoms with Crippen molar-refractivity contribution < 1.29 is 9.90 Å². The SMILES string of the molecule is CCC1CN(CC2(CC(=O)O)CC2)CCN1C. The molecule has 4 heteroatoms. The van der Waals surface area contributed by atoms with Crippen LogP contribution in [-0.2, 0) is 4.79 Å². The van der Waals surface area contributed by atoms with Gasteiger partial charge in [0, 0.05) is 32.2 Å². The molecule has 0 spiro atoms. The summed E-state index contributed by atoms with van der Waals surface area (Å²) in [6, 6.07) is 0.643.